The Morgan fingerprint density at radius 2 is 2.14 bits per heavy atom. The van der Waals surface area contributed by atoms with Crippen molar-refractivity contribution in [3.05, 3.63) is 12.4 Å². The fraction of sp³-hybridized carbons (Fsp3) is 0.556. The average molecular weight is 190 g/mol. The lowest BCUT2D eigenvalue weighted by molar-refractivity contribution is -0.125. The summed E-state index contributed by atoms with van der Waals surface area (Å²) in [5, 5.41) is 16.4. The van der Waals surface area contributed by atoms with Gasteiger partial charge in [-0.3, -0.25) is 4.79 Å². The van der Waals surface area contributed by atoms with E-state index in [1.807, 2.05) is 6.07 Å². The molecule has 1 aromatic rings. The molecule has 0 bridgehead atoms. The van der Waals surface area contributed by atoms with Crippen LogP contribution in [0.25, 0.3) is 0 Å². The fourth-order valence-corrected chi connectivity index (χ4v) is 1.68. The number of nitriles is 1. The van der Waals surface area contributed by atoms with Gasteiger partial charge in [-0.2, -0.15) is 20.3 Å². The highest BCUT2D eigenvalue weighted by molar-refractivity contribution is 5.83. The Balaban J connectivity index is 1.86. The molecule has 1 saturated carbocycles. The van der Waals surface area contributed by atoms with E-state index in [-0.39, 0.29) is 24.2 Å². The number of rotatable bonds is 3. The molecular weight excluding hydrogens is 180 g/mol. The van der Waals surface area contributed by atoms with Gasteiger partial charge < -0.3 is 0 Å². The van der Waals surface area contributed by atoms with Crippen LogP contribution in [-0.4, -0.2) is 20.8 Å². The summed E-state index contributed by atoms with van der Waals surface area (Å²) >= 11 is 0. The van der Waals surface area contributed by atoms with Crippen molar-refractivity contribution in [3.63, 3.8) is 0 Å². The van der Waals surface area contributed by atoms with E-state index in [0.717, 1.165) is 12.8 Å². The van der Waals surface area contributed by atoms with E-state index in [9.17, 15) is 4.79 Å². The Morgan fingerprint density at radius 3 is 2.71 bits per heavy atom. The first kappa shape index (κ1) is 8.88. The maximum Gasteiger partial charge on any atom is 0.150 e. The number of Topliss-reactive ketones (excluding diaryl/α,β-unsaturated/α-hetero) is 1. The first-order valence-electron chi connectivity index (χ1n) is 4.56. The number of hydrogen-bond acceptors (Lipinski definition) is 4. The van der Waals surface area contributed by atoms with Crippen LogP contribution in [0, 0.1) is 17.2 Å². The number of ketones is 1. The van der Waals surface area contributed by atoms with E-state index in [1.165, 1.54) is 0 Å². The molecule has 0 aliphatic heterocycles. The molecule has 0 unspecified atom stereocenters. The standard InChI is InChI=1S/C9H10N4O/c10-2-1-9(14)7-5-8(6-7)13-11-3-4-12-13/h3-4,7-8H,1,5-6H2. The van der Waals surface area contributed by atoms with Crippen molar-refractivity contribution in [3.8, 4) is 6.07 Å². The second-order valence-corrected chi connectivity index (χ2v) is 3.47. The molecule has 0 radical (unpaired) electrons. The third-order valence-corrected chi connectivity index (χ3v) is 2.59. The summed E-state index contributed by atoms with van der Waals surface area (Å²) in [4.78, 5) is 12.9. The van der Waals surface area contributed by atoms with Gasteiger partial charge in [-0.05, 0) is 12.8 Å². The van der Waals surface area contributed by atoms with E-state index in [4.69, 9.17) is 5.26 Å². The molecule has 0 saturated heterocycles. The Labute approximate surface area is 81.3 Å². The van der Waals surface area contributed by atoms with Gasteiger partial charge in [0.1, 0.15) is 5.78 Å². The summed E-state index contributed by atoms with van der Waals surface area (Å²) in [7, 11) is 0. The molecule has 0 atom stereocenters. The van der Waals surface area contributed by atoms with E-state index >= 15 is 0 Å². The average Bonchev–Trinajstić information content (AvgIpc) is 2.54. The molecule has 1 aliphatic rings. The van der Waals surface area contributed by atoms with Gasteiger partial charge in [0, 0.05) is 5.92 Å². The summed E-state index contributed by atoms with van der Waals surface area (Å²) in [6, 6.07) is 2.13. The quantitative estimate of drug-likeness (QED) is 0.703. The van der Waals surface area contributed by atoms with Gasteiger partial charge >= 0.3 is 0 Å². The molecule has 2 rings (SSSR count). The largest absolute Gasteiger partial charge is 0.298 e. The molecule has 1 heterocycles. The minimum absolute atomic E-state index is 0.0317. The molecule has 0 N–H and O–H groups in total. The zero-order valence-electron chi connectivity index (χ0n) is 7.63. The van der Waals surface area contributed by atoms with E-state index in [1.54, 1.807) is 17.2 Å². The number of carbonyl (C=O) groups is 1. The number of hydrogen-bond donors (Lipinski definition) is 0. The molecule has 0 aromatic carbocycles. The van der Waals surface area contributed by atoms with Crippen LogP contribution in [0.2, 0.25) is 0 Å². The van der Waals surface area contributed by atoms with Crippen molar-refractivity contribution in [2.24, 2.45) is 5.92 Å². The van der Waals surface area contributed by atoms with Crippen molar-refractivity contribution in [2.75, 3.05) is 0 Å². The van der Waals surface area contributed by atoms with Gasteiger partial charge in [-0.1, -0.05) is 0 Å². The van der Waals surface area contributed by atoms with Crippen molar-refractivity contribution in [1.29, 1.82) is 5.26 Å². The summed E-state index contributed by atoms with van der Waals surface area (Å²) in [6.45, 7) is 0. The van der Waals surface area contributed by atoms with Crippen LogP contribution in [0.15, 0.2) is 12.4 Å². The van der Waals surface area contributed by atoms with Crippen LogP contribution in [0.3, 0.4) is 0 Å². The SMILES string of the molecule is N#CCC(=O)C1CC(n2nccn2)C1. The van der Waals surface area contributed by atoms with E-state index in [0.29, 0.717) is 0 Å². The number of nitrogens with zero attached hydrogens (tertiary/aromatic N) is 4. The smallest absolute Gasteiger partial charge is 0.150 e. The van der Waals surface area contributed by atoms with Gasteiger partial charge in [-0.15, -0.1) is 0 Å². The van der Waals surface area contributed by atoms with Gasteiger partial charge in [0.05, 0.1) is 30.9 Å². The van der Waals surface area contributed by atoms with Crippen LogP contribution in [0.4, 0.5) is 0 Å². The van der Waals surface area contributed by atoms with Crippen LogP contribution in [0.1, 0.15) is 25.3 Å². The first-order chi connectivity index (χ1) is 6.81. The highest BCUT2D eigenvalue weighted by Crippen LogP contribution is 2.37. The van der Waals surface area contributed by atoms with Crippen LogP contribution in [0.5, 0.6) is 0 Å². The molecule has 0 amide bonds. The van der Waals surface area contributed by atoms with Crippen LogP contribution < -0.4 is 0 Å². The lowest BCUT2D eigenvalue weighted by Gasteiger charge is -2.32. The predicted molar refractivity (Wildman–Crippen MR) is 47.0 cm³/mol. The molecule has 5 nitrogen and oxygen atoms in total. The lowest BCUT2D eigenvalue weighted by atomic mass is 9.77. The highest BCUT2D eigenvalue weighted by Gasteiger charge is 2.35. The lowest BCUT2D eigenvalue weighted by Crippen LogP contribution is -2.33. The van der Waals surface area contributed by atoms with Crippen LogP contribution >= 0.6 is 0 Å². The Hall–Kier alpha value is -1.70. The van der Waals surface area contributed by atoms with Gasteiger partial charge in [0.15, 0.2) is 0 Å². The third-order valence-electron chi connectivity index (χ3n) is 2.59. The Bertz CT molecular complexity index is 359. The molecular formula is C9H10N4O. The molecule has 5 heteroatoms. The Kier molecular flexibility index (Phi) is 2.27. The highest BCUT2D eigenvalue weighted by atomic mass is 16.1. The first-order valence-corrected chi connectivity index (χ1v) is 4.56. The molecule has 1 aliphatic carbocycles. The maximum absolute atomic E-state index is 11.3. The molecule has 14 heavy (non-hydrogen) atoms. The normalized spacial score (nSPS) is 25.1. The summed E-state index contributed by atoms with van der Waals surface area (Å²) in [5.74, 6) is 0.0987. The van der Waals surface area contributed by atoms with Crippen molar-refractivity contribution in [1.82, 2.24) is 15.0 Å². The second-order valence-electron chi connectivity index (χ2n) is 3.47. The van der Waals surface area contributed by atoms with Crippen molar-refractivity contribution in [2.45, 2.75) is 25.3 Å². The monoisotopic (exact) mass is 190 g/mol. The maximum atomic E-state index is 11.3. The summed E-state index contributed by atoms with van der Waals surface area (Å²) in [5.41, 5.74) is 0. The van der Waals surface area contributed by atoms with Crippen molar-refractivity contribution < 1.29 is 4.79 Å². The van der Waals surface area contributed by atoms with Crippen LogP contribution in [-0.2, 0) is 4.79 Å². The van der Waals surface area contributed by atoms with Gasteiger partial charge in [0.25, 0.3) is 0 Å². The van der Waals surface area contributed by atoms with Crippen molar-refractivity contribution >= 4 is 5.78 Å². The number of carbonyl (C=O) groups excluding carboxylic acids is 1. The minimum atomic E-state index is 0.0317. The molecule has 0 spiro atoms. The fourth-order valence-electron chi connectivity index (χ4n) is 1.68. The predicted octanol–water partition coefficient (Wildman–Crippen LogP) is 0.712. The molecule has 72 valence electrons. The zero-order chi connectivity index (χ0) is 9.97. The molecule has 1 fully saturated rings. The zero-order valence-corrected chi connectivity index (χ0v) is 7.63. The van der Waals surface area contributed by atoms with E-state index in [2.05, 4.69) is 10.2 Å². The van der Waals surface area contributed by atoms with Gasteiger partial charge in [0.2, 0.25) is 0 Å². The van der Waals surface area contributed by atoms with E-state index < -0.39 is 0 Å². The second kappa shape index (κ2) is 3.58. The minimum Gasteiger partial charge on any atom is -0.298 e. The summed E-state index contributed by atoms with van der Waals surface area (Å²) in [6.07, 6.45) is 4.84. The van der Waals surface area contributed by atoms with Gasteiger partial charge in [-0.25, -0.2) is 0 Å². The number of aromatic nitrogens is 3. The Morgan fingerprint density at radius 1 is 1.50 bits per heavy atom. The topological polar surface area (TPSA) is 71.6 Å². The molecule has 1 aromatic heterocycles. The third kappa shape index (κ3) is 1.51. The summed E-state index contributed by atoms with van der Waals surface area (Å²) < 4.78 is 0.